The minimum atomic E-state index is 0.510. The van der Waals surface area contributed by atoms with Crippen molar-refractivity contribution in [3.05, 3.63) is 16.8 Å². The number of aromatic nitrogens is 2. The van der Waals surface area contributed by atoms with Crippen LogP contribution in [0, 0.1) is 37.5 Å². The molecule has 15 heavy (non-hydrogen) atoms. The Bertz CT molecular complexity index is 437. The highest BCUT2D eigenvalue weighted by Gasteiger charge is 2.09. The lowest BCUT2D eigenvalue weighted by Crippen LogP contribution is -2.08. The van der Waals surface area contributed by atoms with Gasteiger partial charge in [0.25, 0.3) is 0 Å². The summed E-state index contributed by atoms with van der Waals surface area (Å²) >= 11 is 0. The van der Waals surface area contributed by atoms with E-state index in [-0.39, 0.29) is 0 Å². The van der Waals surface area contributed by atoms with Gasteiger partial charge in [-0.15, -0.1) is 17.4 Å². The predicted molar refractivity (Wildman–Crippen MR) is 58.2 cm³/mol. The van der Waals surface area contributed by atoms with Gasteiger partial charge in [0.15, 0.2) is 5.82 Å². The summed E-state index contributed by atoms with van der Waals surface area (Å²) in [5.41, 5.74) is 2.17. The van der Waals surface area contributed by atoms with Gasteiger partial charge in [0.05, 0.1) is 5.69 Å². The Morgan fingerprint density at radius 2 is 2.13 bits per heavy atom. The number of terminal acetylenes is 1. The third kappa shape index (κ3) is 2.45. The number of aryl methyl sites for hydroxylation is 1. The number of anilines is 1. The van der Waals surface area contributed by atoms with E-state index in [0.717, 1.165) is 11.3 Å². The number of nitriles is 1. The van der Waals surface area contributed by atoms with Crippen molar-refractivity contribution >= 4 is 5.82 Å². The first-order valence-corrected chi connectivity index (χ1v) is 4.62. The van der Waals surface area contributed by atoms with Crippen LogP contribution in [0.2, 0.25) is 0 Å². The average Bonchev–Trinajstić information content (AvgIpc) is 2.24. The van der Waals surface area contributed by atoms with Crippen LogP contribution >= 0.6 is 0 Å². The Morgan fingerprint density at radius 1 is 1.40 bits per heavy atom. The minimum Gasteiger partial charge on any atom is -0.367 e. The standard InChI is InChI=1S/C11H12N4/c1-4-5-6-13-11-10(7-12)8(2)9(3)14-15-11/h1H,5-6H2,2-3H3,(H,13,15). The Kier molecular flexibility index (Phi) is 3.65. The number of nitrogens with one attached hydrogen (secondary N) is 1. The van der Waals surface area contributed by atoms with E-state index < -0.39 is 0 Å². The molecule has 0 radical (unpaired) electrons. The molecule has 0 aliphatic carbocycles. The van der Waals surface area contributed by atoms with Gasteiger partial charge in [-0.3, -0.25) is 0 Å². The molecule has 0 unspecified atom stereocenters. The van der Waals surface area contributed by atoms with Crippen LogP contribution in [0.25, 0.3) is 0 Å². The molecule has 1 aromatic heterocycles. The summed E-state index contributed by atoms with van der Waals surface area (Å²) in [6, 6.07) is 2.11. The maximum atomic E-state index is 8.98. The summed E-state index contributed by atoms with van der Waals surface area (Å²) < 4.78 is 0. The second-order valence-electron chi connectivity index (χ2n) is 3.13. The van der Waals surface area contributed by atoms with Gasteiger partial charge in [-0.2, -0.15) is 10.4 Å². The van der Waals surface area contributed by atoms with Crippen molar-refractivity contribution in [2.45, 2.75) is 20.3 Å². The van der Waals surface area contributed by atoms with Gasteiger partial charge in [0.1, 0.15) is 11.6 Å². The molecular weight excluding hydrogens is 188 g/mol. The van der Waals surface area contributed by atoms with Crippen LogP contribution in [-0.4, -0.2) is 16.7 Å². The third-order valence-electron chi connectivity index (χ3n) is 2.13. The lowest BCUT2D eigenvalue weighted by Gasteiger charge is -2.07. The maximum absolute atomic E-state index is 8.98. The SMILES string of the molecule is C#CCCNc1nnc(C)c(C)c1C#N. The van der Waals surface area contributed by atoms with Crippen LogP contribution in [-0.2, 0) is 0 Å². The van der Waals surface area contributed by atoms with Crippen LogP contribution in [0.1, 0.15) is 23.2 Å². The first kappa shape index (κ1) is 11.0. The third-order valence-corrected chi connectivity index (χ3v) is 2.13. The molecule has 0 aliphatic heterocycles. The van der Waals surface area contributed by atoms with Crippen LogP contribution in [0.3, 0.4) is 0 Å². The monoisotopic (exact) mass is 200 g/mol. The quantitative estimate of drug-likeness (QED) is 0.591. The Labute approximate surface area is 89.3 Å². The average molecular weight is 200 g/mol. The lowest BCUT2D eigenvalue weighted by atomic mass is 10.1. The van der Waals surface area contributed by atoms with E-state index in [1.54, 1.807) is 0 Å². The zero-order chi connectivity index (χ0) is 11.3. The number of hydrogen-bond donors (Lipinski definition) is 1. The lowest BCUT2D eigenvalue weighted by molar-refractivity contribution is 0.938. The molecule has 0 fully saturated rings. The summed E-state index contributed by atoms with van der Waals surface area (Å²) in [6.07, 6.45) is 5.72. The molecular formula is C11H12N4. The fraction of sp³-hybridized carbons (Fsp3) is 0.364. The zero-order valence-corrected chi connectivity index (χ0v) is 8.83. The summed E-state index contributed by atoms with van der Waals surface area (Å²) in [4.78, 5) is 0. The van der Waals surface area contributed by atoms with E-state index in [4.69, 9.17) is 11.7 Å². The van der Waals surface area contributed by atoms with E-state index in [1.807, 2.05) is 13.8 Å². The van der Waals surface area contributed by atoms with Crippen LogP contribution in [0.4, 0.5) is 5.82 Å². The first-order valence-electron chi connectivity index (χ1n) is 4.62. The smallest absolute Gasteiger partial charge is 0.166 e. The Balaban J connectivity index is 2.95. The van der Waals surface area contributed by atoms with Gasteiger partial charge >= 0.3 is 0 Å². The molecule has 76 valence electrons. The normalized spacial score (nSPS) is 9.07. The van der Waals surface area contributed by atoms with Gasteiger partial charge in [-0.25, -0.2) is 0 Å². The van der Waals surface area contributed by atoms with Gasteiger partial charge in [-0.1, -0.05) is 0 Å². The zero-order valence-electron chi connectivity index (χ0n) is 8.83. The summed E-state index contributed by atoms with van der Waals surface area (Å²) in [5.74, 6) is 3.02. The molecule has 0 atom stereocenters. The number of hydrogen-bond acceptors (Lipinski definition) is 4. The van der Waals surface area contributed by atoms with Gasteiger partial charge < -0.3 is 5.32 Å². The summed E-state index contributed by atoms with van der Waals surface area (Å²) in [6.45, 7) is 4.28. The molecule has 0 aliphatic rings. The molecule has 0 amide bonds. The molecule has 1 heterocycles. The molecule has 1 rings (SSSR count). The molecule has 0 spiro atoms. The first-order chi connectivity index (χ1) is 7.20. The number of nitrogens with zero attached hydrogens (tertiary/aromatic N) is 3. The second-order valence-corrected chi connectivity index (χ2v) is 3.13. The highest BCUT2D eigenvalue weighted by molar-refractivity contribution is 5.55. The van der Waals surface area contributed by atoms with Gasteiger partial charge in [-0.05, 0) is 19.4 Å². The van der Waals surface area contributed by atoms with E-state index >= 15 is 0 Å². The minimum absolute atomic E-state index is 0.510. The van der Waals surface area contributed by atoms with Gasteiger partial charge in [0, 0.05) is 13.0 Å². The van der Waals surface area contributed by atoms with Crippen molar-refractivity contribution in [1.29, 1.82) is 5.26 Å². The van der Waals surface area contributed by atoms with Crippen molar-refractivity contribution < 1.29 is 0 Å². The molecule has 1 aromatic rings. The van der Waals surface area contributed by atoms with Crippen molar-refractivity contribution in [1.82, 2.24) is 10.2 Å². The highest BCUT2D eigenvalue weighted by atomic mass is 15.2. The molecule has 0 saturated heterocycles. The molecule has 0 bridgehead atoms. The molecule has 0 saturated carbocycles. The van der Waals surface area contributed by atoms with E-state index in [2.05, 4.69) is 27.5 Å². The van der Waals surface area contributed by atoms with Crippen LogP contribution < -0.4 is 5.32 Å². The van der Waals surface area contributed by atoms with Crippen molar-refractivity contribution in [3.63, 3.8) is 0 Å². The van der Waals surface area contributed by atoms with Crippen molar-refractivity contribution in [2.24, 2.45) is 0 Å². The number of rotatable bonds is 3. The topological polar surface area (TPSA) is 61.6 Å². The second kappa shape index (κ2) is 4.97. The molecule has 0 aromatic carbocycles. The van der Waals surface area contributed by atoms with E-state index in [1.165, 1.54) is 0 Å². The summed E-state index contributed by atoms with van der Waals surface area (Å²) in [5, 5.41) is 19.9. The fourth-order valence-corrected chi connectivity index (χ4v) is 1.12. The predicted octanol–water partition coefficient (Wildman–Crippen LogP) is 1.40. The van der Waals surface area contributed by atoms with E-state index in [9.17, 15) is 0 Å². The molecule has 1 N–H and O–H groups in total. The van der Waals surface area contributed by atoms with Crippen LogP contribution in [0.5, 0.6) is 0 Å². The molecule has 4 heteroatoms. The van der Waals surface area contributed by atoms with Gasteiger partial charge in [0.2, 0.25) is 0 Å². The van der Waals surface area contributed by atoms with E-state index in [0.29, 0.717) is 24.3 Å². The Morgan fingerprint density at radius 3 is 2.73 bits per heavy atom. The maximum Gasteiger partial charge on any atom is 0.166 e. The molecule has 4 nitrogen and oxygen atoms in total. The Hall–Kier alpha value is -2.07. The highest BCUT2D eigenvalue weighted by Crippen LogP contribution is 2.16. The fourth-order valence-electron chi connectivity index (χ4n) is 1.12. The van der Waals surface area contributed by atoms with Crippen molar-refractivity contribution in [3.8, 4) is 18.4 Å². The largest absolute Gasteiger partial charge is 0.367 e. The summed E-state index contributed by atoms with van der Waals surface area (Å²) in [7, 11) is 0. The van der Waals surface area contributed by atoms with Crippen molar-refractivity contribution in [2.75, 3.05) is 11.9 Å². The van der Waals surface area contributed by atoms with Crippen LogP contribution in [0.15, 0.2) is 0 Å².